The second kappa shape index (κ2) is 9.07. The molecule has 1 aromatic heterocycles. The van der Waals surface area contributed by atoms with Crippen LogP contribution in [0.2, 0.25) is 0 Å². The van der Waals surface area contributed by atoms with Crippen LogP contribution in [0.25, 0.3) is 11.5 Å². The van der Waals surface area contributed by atoms with E-state index in [1.165, 1.54) is 0 Å². The van der Waals surface area contributed by atoms with E-state index >= 15 is 0 Å². The molecule has 7 nitrogen and oxygen atoms in total. The lowest BCUT2D eigenvalue weighted by Crippen LogP contribution is -2.48. The van der Waals surface area contributed by atoms with Crippen molar-refractivity contribution in [1.29, 1.82) is 0 Å². The summed E-state index contributed by atoms with van der Waals surface area (Å²) in [7, 11) is -3.12. The van der Waals surface area contributed by atoms with Crippen molar-refractivity contribution in [2.45, 2.75) is 33.7 Å². The van der Waals surface area contributed by atoms with Crippen LogP contribution in [0.3, 0.4) is 0 Å². The van der Waals surface area contributed by atoms with Crippen LogP contribution in [-0.4, -0.2) is 61.1 Å². The molecule has 0 amide bonds. The molecule has 1 fully saturated rings. The lowest BCUT2D eigenvalue weighted by molar-refractivity contribution is 0.179. The molecule has 3 rings (SSSR count). The molecule has 2 aromatic rings. The number of rotatable bonds is 8. The average molecular weight is 408 g/mol. The Morgan fingerprint density at radius 1 is 1.11 bits per heavy atom. The molecule has 28 heavy (non-hydrogen) atoms. The van der Waals surface area contributed by atoms with Crippen LogP contribution in [0.5, 0.6) is 5.75 Å². The molecule has 0 saturated carbocycles. The number of hydrogen-bond acceptors (Lipinski definition) is 6. The molecule has 0 bridgehead atoms. The van der Waals surface area contributed by atoms with Crippen molar-refractivity contribution >= 4 is 10.0 Å². The van der Waals surface area contributed by atoms with E-state index in [9.17, 15) is 8.42 Å². The largest absolute Gasteiger partial charge is 0.494 e. The normalized spacial score (nSPS) is 16.4. The number of aryl methyl sites for hydroxylation is 1. The number of oxazole rings is 1. The fraction of sp³-hybridized carbons (Fsp3) is 0.550. The molecule has 8 heteroatoms. The first-order chi connectivity index (χ1) is 13.4. The van der Waals surface area contributed by atoms with Gasteiger partial charge in [-0.2, -0.15) is 4.31 Å². The molecule has 0 unspecified atom stereocenters. The summed E-state index contributed by atoms with van der Waals surface area (Å²) in [5.74, 6) is 2.44. The summed E-state index contributed by atoms with van der Waals surface area (Å²) in [6.07, 6.45) is 0.648. The van der Waals surface area contributed by atoms with Gasteiger partial charge in [-0.15, -0.1) is 0 Å². The summed E-state index contributed by atoms with van der Waals surface area (Å²) in [5, 5.41) is 0. The molecule has 0 atom stereocenters. The van der Waals surface area contributed by atoms with Gasteiger partial charge in [-0.3, -0.25) is 4.90 Å². The van der Waals surface area contributed by atoms with Gasteiger partial charge < -0.3 is 9.15 Å². The van der Waals surface area contributed by atoms with Gasteiger partial charge in [-0.05, 0) is 44.5 Å². The highest BCUT2D eigenvalue weighted by Gasteiger charge is 2.27. The Kier molecular flexibility index (Phi) is 6.74. The van der Waals surface area contributed by atoms with Crippen molar-refractivity contribution in [2.24, 2.45) is 0 Å². The Morgan fingerprint density at radius 2 is 1.79 bits per heavy atom. The van der Waals surface area contributed by atoms with Crippen molar-refractivity contribution < 1.29 is 17.6 Å². The maximum atomic E-state index is 12.2. The van der Waals surface area contributed by atoms with Gasteiger partial charge in [-0.1, -0.05) is 6.92 Å². The van der Waals surface area contributed by atoms with E-state index in [0.29, 0.717) is 51.6 Å². The maximum absolute atomic E-state index is 12.2. The smallest absolute Gasteiger partial charge is 0.226 e. The molecule has 154 valence electrons. The Bertz CT molecular complexity index is 869. The number of hydrogen-bond donors (Lipinski definition) is 0. The predicted octanol–water partition coefficient (Wildman–Crippen LogP) is 2.91. The van der Waals surface area contributed by atoms with E-state index in [0.717, 1.165) is 22.8 Å². The molecule has 1 aliphatic rings. The highest BCUT2D eigenvalue weighted by atomic mass is 32.2. The summed E-state index contributed by atoms with van der Waals surface area (Å²) in [4.78, 5) is 6.89. The molecule has 1 saturated heterocycles. The zero-order chi connectivity index (χ0) is 20.1. The Hall–Kier alpha value is -1.90. The Morgan fingerprint density at radius 3 is 2.39 bits per heavy atom. The molecule has 0 spiro atoms. The summed E-state index contributed by atoms with van der Waals surface area (Å²) < 4.78 is 37.3. The van der Waals surface area contributed by atoms with Gasteiger partial charge in [-0.25, -0.2) is 13.4 Å². The minimum Gasteiger partial charge on any atom is -0.494 e. The third kappa shape index (κ3) is 4.92. The number of nitrogens with zero attached hydrogens (tertiary/aromatic N) is 3. The predicted molar refractivity (Wildman–Crippen MR) is 109 cm³/mol. The summed E-state index contributed by atoms with van der Waals surface area (Å²) in [6, 6.07) is 7.71. The van der Waals surface area contributed by atoms with E-state index in [1.54, 1.807) is 4.31 Å². The molecule has 1 aliphatic heterocycles. The molecule has 0 radical (unpaired) electrons. The van der Waals surface area contributed by atoms with Crippen LogP contribution in [0.15, 0.2) is 28.7 Å². The van der Waals surface area contributed by atoms with E-state index in [2.05, 4.69) is 9.88 Å². The van der Waals surface area contributed by atoms with Gasteiger partial charge in [0.2, 0.25) is 15.9 Å². The van der Waals surface area contributed by atoms with Crippen molar-refractivity contribution in [3.63, 3.8) is 0 Å². The first-order valence-corrected chi connectivity index (χ1v) is 11.4. The molecule has 1 aromatic carbocycles. The second-order valence-corrected chi connectivity index (χ2v) is 9.06. The van der Waals surface area contributed by atoms with Gasteiger partial charge in [0.25, 0.3) is 0 Å². The van der Waals surface area contributed by atoms with Crippen LogP contribution in [0.1, 0.15) is 31.7 Å². The summed E-state index contributed by atoms with van der Waals surface area (Å²) in [5.41, 5.74) is 1.81. The van der Waals surface area contributed by atoms with Gasteiger partial charge in [0.05, 0.1) is 18.1 Å². The van der Waals surface area contributed by atoms with Crippen LogP contribution < -0.4 is 4.74 Å². The topological polar surface area (TPSA) is 75.9 Å². The fourth-order valence-corrected chi connectivity index (χ4v) is 4.82. The highest BCUT2D eigenvalue weighted by Crippen LogP contribution is 2.25. The van der Waals surface area contributed by atoms with Gasteiger partial charge in [0.15, 0.2) is 0 Å². The van der Waals surface area contributed by atoms with Crippen molar-refractivity contribution in [1.82, 2.24) is 14.2 Å². The second-order valence-electron chi connectivity index (χ2n) is 6.97. The van der Waals surface area contributed by atoms with Gasteiger partial charge in [0, 0.05) is 38.3 Å². The monoisotopic (exact) mass is 407 g/mol. The number of benzene rings is 1. The maximum Gasteiger partial charge on any atom is 0.226 e. The number of aromatic nitrogens is 1. The Balaban J connectivity index is 1.62. The van der Waals surface area contributed by atoms with Crippen molar-refractivity contribution in [3.05, 3.63) is 35.7 Å². The third-order valence-corrected chi connectivity index (χ3v) is 6.94. The highest BCUT2D eigenvalue weighted by molar-refractivity contribution is 7.89. The average Bonchev–Trinajstić information content (AvgIpc) is 3.03. The van der Waals surface area contributed by atoms with E-state index in [4.69, 9.17) is 9.15 Å². The standard InChI is InChI=1S/C20H29N3O4S/c1-4-14-28(24,25)23-12-10-22(11-13-23)15-19-16(3)27-20(21-19)17-6-8-18(9-7-17)26-5-2/h6-9H,4-5,10-15H2,1-3H3. The van der Waals surface area contributed by atoms with Gasteiger partial charge >= 0.3 is 0 Å². The fourth-order valence-electron chi connectivity index (χ4n) is 3.32. The Labute approximate surface area is 167 Å². The summed E-state index contributed by atoms with van der Waals surface area (Å²) in [6.45, 7) is 9.53. The SMILES string of the molecule is CCCS(=O)(=O)N1CCN(Cc2nc(-c3ccc(OCC)cc3)oc2C)CC1. The van der Waals surface area contributed by atoms with Crippen LogP contribution in [0, 0.1) is 6.92 Å². The zero-order valence-corrected chi connectivity index (χ0v) is 17.7. The minimum atomic E-state index is -3.12. The lowest BCUT2D eigenvalue weighted by Gasteiger charge is -2.33. The molecule has 0 N–H and O–H groups in total. The minimum absolute atomic E-state index is 0.223. The molecule has 0 aliphatic carbocycles. The molecular weight excluding hydrogens is 378 g/mol. The van der Waals surface area contributed by atoms with Crippen LogP contribution >= 0.6 is 0 Å². The number of sulfonamides is 1. The quantitative estimate of drug-likeness (QED) is 0.670. The van der Waals surface area contributed by atoms with Gasteiger partial charge in [0.1, 0.15) is 11.5 Å². The molecular formula is C20H29N3O4S. The number of piperazine rings is 1. The molecule has 2 heterocycles. The first kappa shape index (κ1) is 20.8. The van der Waals surface area contributed by atoms with E-state index in [1.807, 2.05) is 45.0 Å². The van der Waals surface area contributed by atoms with Crippen LogP contribution in [0.4, 0.5) is 0 Å². The summed E-state index contributed by atoms with van der Waals surface area (Å²) >= 11 is 0. The van der Waals surface area contributed by atoms with Crippen molar-refractivity contribution in [3.8, 4) is 17.2 Å². The van der Waals surface area contributed by atoms with E-state index < -0.39 is 10.0 Å². The van der Waals surface area contributed by atoms with Crippen LogP contribution in [-0.2, 0) is 16.6 Å². The number of ether oxygens (including phenoxy) is 1. The van der Waals surface area contributed by atoms with E-state index in [-0.39, 0.29) is 5.75 Å². The third-order valence-electron chi connectivity index (χ3n) is 4.87. The lowest BCUT2D eigenvalue weighted by atomic mass is 10.2. The first-order valence-electron chi connectivity index (χ1n) is 9.82. The van der Waals surface area contributed by atoms with Crippen molar-refractivity contribution in [2.75, 3.05) is 38.5 Å². The zero-order valence-electron chi connectivity index (χ0n) is 16.8.